The number of hydrogen-bond donors (Lipinski definition) is 1. The molecule has 2 heterocycles. The summed E-state index contributed by atoms with van der Waals surface area (Å²) in [6.07, 6.45) is 0. The predicted molar refractivity (Wildman–Crippen MR) is 70.8 cm³/mol. The number of fused-ring (bicyclic) bond motifs is 1. The molecule has 2 nitrogen and oxygen atoms in total. The third-order valence-electron chi connectivity index (χ3n) is 4.88. The summed E-state index contributed by atoms with van der Waals surface area (Å²) in [6.45, 7) is 10.8. The van der Waals surface area contributed by atoms with Crippen LogP contribution in [0.2, 0.25) is 0 Å². The Bertz CT molecular complexity index is 385. The minimum Gasteiger partial charge on any atom is -0.316 e. The van der Waals surface area contributed by atoms with E-state index in [1.165, 1.54) is 31.7 Å². The van der Waals surface area contributed by atoms with Crippen LogP contribution in [0.3, 0.4) is 0 Å². The highest BCUT2D eigenvalue weighted by Crippen LogP contribution is 2.48. The standard InChI is InChI=1S/C15H22N2/c1-14-9-16-10-15(14,2)12-17(11-14)8-13-6-4-3-5-7-13/h3-7,16H,8-12H2,1-2H3. The Morgan fingerprint density at radius 2 is 1.65 bits per heavy atom. The van der Waals surface area contributed by atoms with Gasteiger partial charge in [-0.2, -0.15) is 0 Å². The molecule has 1 N–H and O–H groups in total. The molecule has 1 aromatic carbocycles. The van der Waals surface area contributed by atoms with Gasteiger partial charge in [-0.3, -0.25) is 4.90 Å². The van der Waals surface area contributed by atoms with E-state index in [1.54, 1.807) is 0 Å². The van der Waals surface area contributed by atoms with Crippen molar-refractivity contribution >= 4 is 0 Å². The van der Waals surface area contributed by atoms with Gasteiger partial charge in [-0.15, -0.1) is 0 Å². The summed E-state index contributed by atoms with van der Waals surface area (Å²) in [4.78, 5) is 2.62. The van der Waals surface area contributed by atoms with Crippen molar-refractivity contribution in [3.63, 3.8) is 0 Å². The molecule has 0 aromatic heterocycles. The quantitative estimate of drug-likeness (QED) is 0.837. The zero-order valence-electron chi connectivity index (χ0n) is 10.9. The van der Waals surface area contributed by atoms with Gasteiger partial charge in [-0.25, -0.2) is 0 Å². The van der Waals surface area contributed by atoms with Crippen LogP contribution in [0.4, 0.5) is 0 Å². The largest absolute Gasteiger partial charge is 0.316 e. The molecule has 0 saturated carbocycles. The molecule has 0 amide bonds. The van der Waals surface area contributed by atoms with Gasteiger partial charge in [0.15, 0.2) is 0 Å². The molecule has 2 aliphatic heterocycles. The molecule has 2 unspecified atom stereocenters. The number of hydrogen-bond acceptors (Lipinski definition) is 2. The maximum atomic E-state index is 3.56. The van der Waals surface area contributed by atoms with Crippen molar-refractivity contribution in [2.75, 3.05) is 26.2 Å². The molecular weight excluding hydrogens is 208 g/mol. The lowest BCUT2D eigenvalue weighted by molar-refractivity contribution is 0.212. The number of nitrogens with zero attached hydrogens (tertiary/aromatic N) is 1. The molecule has 0 spiro atoms. The molecule has 17 heavy (non-hydrogen) atoms. The summed E-state index contributed by atoms with van der Waals surface area (Å²) in [5, 5.41) is 3.56. The molecule has 0 aliphatic carbocycles. The van der Waals surface area contributed by atoms with Crippen LogP contribution < -0.4 is 5.32 Å². The Morgan fingerprint density at radius 3 is 2.24 bits per heavy atom. The number of rotatable bonds is 2. The van der Waals surface area contributed by atoms with Gasteiger partial charge >= 0.3 is 0 Å². The SMILES string of the molecule is CC12CNCC1(C)CN(Cc1ccccc1)C2. The minimum atomic E-state index is 0.460. The minimum absolute atomic E-state index is 0.460. The van der Waals surface area contributed by atoms with Gasteiger partial charge in [-0.05, 0) is 5.56 Å². The van der Waals surface area contributed by atoms with E-state index in [1.807, 2.05) is 0 Å². The molecule has 2 fully saturated rings. The molecule has 2 heteroatoms. The van der Waals surface area contributed by atoms with Crippen LogP contribution in [0.15, 0.2) is 30.3 Å². The highest BCUT2D eigenvalue weighted by Gasteiger charge is 2.54. The molecule has 0 radical (unpaired) electrons. The van der Waals surface area contributed by atoms with Gasteiger partial charge in [-0.1, -0.05) is 44.2 Å². The summed E-state index contributed by atoms with van der Waals surface area (Å²) >= 11 is 0. The zero-order valence-corrected chi connectivity index (χ0v) is 10.9. The molecule has 2 saturated heterocycles. The number of likely N-dealkylation sites (tertiary alicyclic amines) is 1. The van der Waals surface area contributed by atoms with Crippen molar-refractivity contribution < 1.29 is 0 Å². The molecule has 92 valence electrons. The Labute approximate surface area is 104 Å². The van der Waals surface area contributed by atoms with E-state index in [9.17, 15) is 0 Å². The normalized spacial score (nSPS) is 37.3. The first-order valence-corrected chi connectivity index (χ1v) is 6.58. The van der Waals surface area contributed by atoms with Crippen molar-refractivity contribution in [3.05, 3.63) is 35.9 Å². The van der Waals surface area contributed by atoms with Crippen LogP contribution >= 0.6 is 0 Å². The summed E-state index contributed by atoms with van der Waals surface area (Å²) in [5.74, 6) is 0. The first-order chi connectivity index (χ1) is 8.11. The van der Waals surface area contributed by atoms with Crippen LogP contribution in [0, 0.1) is 10.8 Å². The zero-order chi connectivity index (χ0) is 11.9. The lowest BCUT2D eigenvalue weighted by atomic mass is 9.71. The van der Waals surface area contributed by atoms with Crippen LogP contribution in [0.1, 0.15) is 19.4 Å². The van der Waals surface area contributed by atoms with Gasteiger partial charge < -0.3 is 5.32 Å². The highest BCUT2D eigenvalue weighted by atomic mass is 15.2. The number of benzene rings is 1. The lowest BCUT2D eigenvalue weighted by Gasteiger charge is -2.31. The fourth-order valence-corrected chi connectivity index (χ4v) is 3.53. The summed E-state index contributed by atoms with van der Waals surface area (Å²) in [7, 11) is 0. The van der Waals surface area contributed by atoms with Crippen LogP contribution in [0.25, 0.3) is 0 Å². The predicted octanol–water partition coefficient (Wildman–Crippen LogP) is 2.12. The van der Waals surface area contributed by atoms with Crippen molar-refractivity contribution in [1.29, 1.82) is 0 Å². The van der Waals surface area contributed by atoms with E-state index < -0.39 is 0 Å². The Morgan fingerprint density at radius 1 is 1.06 bits per heavy atom. The molecular formula is C15H22N2. The molecule has 0 bridgehead atoms. The second-order valence-corrected chi connectivity index (χ2v) is 6.36. The Balaban J connectivity index is 1.73. The third kappa shape index (κ3) is 1.80. The molecule has 2 aliphatic rings. The topological polar surface area (TPSA) is 15.3 Å². The summed E-state index contributed by atoms with van der Waals surface area (Å²) in [5.41, 5.74) is 2.36. The van der Waals surface area contributed by atoms with Gasteiger partial charge in [0.05, 0.1) is 0 Å². The third-order valence-corrected chi connectivity index (χ3v) is 4.88. The fourth-order valence-electron chi connectivity index (χ4n) is 3.53. The molecule has 3 rings (SSSR count). The molecule has 2 atom stereocenters. The van der Waals surface area contributed by atoms with Crippen molar-refractivity contribution in [2.24, 2.45) is 10.8 Å². The maximum absolute atomic E-state index is 3.56. The van der Waals surface area contributed by atoms with Crippen molar-refractivity contribution in [2.45, 2.75) is 20.4 Å². The van der Waals surface area contributed by atoms with Crippen molar-refractivity contribution in [1.82, 2.24) is 10.2 Å². The van der Waals surface area contributed by atoms with Gasteiger partial charge in [0.1, 0.15) is 0 Å². The van der Waals surface area contributed by atoms with E-state index in [2.05, 4.69) is 54.4 Å². The van der Waals surface area contributed by atoms with Crippen LogP contribution in [-0.4, -0.2) is 31.1 Å². The average Bonchev–Trinajstić information content (AvgIpc) is 2.67. The van der Waals surface area contributed by atoms with Crippen LogP contribution in [0.5, 0.6) is 0 Å². The van der Waals surface area contributed by atoms with E-state index in [4.69, 9.17) is 0 Å². The monoisotopic (exact) mass is 230 g/mol. The lowest BCUT2D eigenvalue weighted by Crippen LogP contribution is -2.34. The van der Waals surface area contributed by atoms with Gasteiger partial charge in [0.25, 0.3) is 0 Å². The Kier molecular flexibility index (Phi) is 2.53. The van der Waals surface area contributed by atoms with E-state index in [0.29, 0.717) is 10.8 Å². The summed E-state index contributed by atoms with van der Waals surface area (Å²) in [6, 6.07) is 10.8. The number of nitrogens with one attached hydrogen (secondary N) is 1. The van der Waals surface area contributed by atoms with E-state index in [0.717, 1.165) is 6.54 Å². The second kappa shape index (κ2) is 3.82. The smallest absolute Gasteiger partial charge is 0.0234 e. The summed E-state index contributed by atoms with van der Waals surface area (Å²) < 4.78 is 0. The Hall–Kier alpha value is -0.860. The van der Waals surface area contributed by atoms with Crippen molar-refractivity contribution in [3.8, 4) is 0 Å². The second-order valence-electron chi connectivity index (χ2n) is 6.36. The van der Waals surface area contributed by atoms with Gasteiger partial charge in [0, 0.05) is 43.6 Å². The van der Waals surface area contributed by atoms with E-state index in [-0.39, 0.29) is 0 Å². The first-order valence-electron chi connectivity index (χ1n) is 6.58. The average molecular weight is 230 g/mol. The maximum Gasteiger partial charge on any atom is 0.0234 e. The van der Waals surface area contributed by atoms with Gasteiger partial charge in [0.2, 0.25) is 0 Å². The first kappa shape index (κ1) is 11.2. The highest BCUT2D eigenvalue weighted by molar-refractivity contribution is 5.16. The van der Waals surface area contributed by atoms with Crippen LogP contribution in [-0.2, 0) is 6.54 Å². The fraction of sp³-hybridized carbons (Fsp3) is 0.600. The molecule has 1 aromatic rings. The van der Waals surface area contributed by atoms with E-state index >= 15 is 0 Å².